The van der Waals surface area contributed by atoms with Crippen molar-refractivity contribution in [3.63, 3.8) is 0 Å². The molecule has 3 aromatic carbocycles. The number of nitrogens with zero attached hydrogens (tertiary/aromatic N) is 1. The van der Waals surface area contributed by atoms with Crippen LogP contribution in [-0.2, 0) is 9.59 Å². The van der Waals surface area contributed by atoms with Crippen LogP contribution < -0.4 is 4.90 Å². The molecule has 3 rings (SSSR count). The summed E-state index contributed by atoms with van der Waals surface area (Å²) < 4.78 is 0. The number of hydrogen-bond donors (Lipinski definition) is 1. The molecular weight excluding hydrogens is 362 g/mol. The van der Waals surface area contributed by atoms with E-state index in [4.69, 9.17) is 0 Å². The predicted octanol–water partition coefficient (Wildman–Crippen LogP) is 4.87. The van der Waals surface area contributed by atoms with Crippen LogP contribution >= 0.6 is 0 Å². The quantitative estimate of drug-likeness (QED) is 0.466. The van der Waals surface area contributed by atoms with Crippen LogP contribution in [0.25, 0.3) is 22.9 Å². The Labute approximate surface area is 170 Å². The number of hydrogen-bond acceptors (Lipinski definition) is 4. The van der Waals surface area contributed by atoms with Gasteiger partial charge in [0.1, 0.15) is 5.75 Å². The molecule has 1 N–H and O–H groups in total. The maximum atomic E-state index is 12.2. The van der Waals surface area contributed by atoms with E-state index < -0.39 is 0 Å². The first-order valence-electron chi connectivity index (χ1n) is 9.34. The second-order valence-corrected chi connectivity index (χ2v) is 6.98. The van der Waals surface area contributed by atoms with Crippen LogP contribution in [0.15, 0.2) is 72.8 Å². The Hall–Kier alpha value is -3.66. The predicted molar refractivity (Wildman–Crippen MR) is 119 cm³/mol. The molecule has 0 amide bonds. The average molecular weight is 385 g/mol. The fraction of sp³-hybridized carbons (Fsp3) is 0.120. The van der Waals surface area contributed by atoms with Crippen molar-refractivity contribution in [3.05, 3.63) is 83.9 Å². The highest BCUT2D eigenvalue weighted by Crippen LogP contribution is 2.29. The van der Waals surface area contributed by atoms with Gasteiger partial charge in [-0.2, -0.15) is 0 Å². The minimum Gasteiger partial charge on any atom is -0.508 e. The minimum atomic E-state index is -0.263. The zero-order valence-corrected chi connectivity index (χ0v) is 16.5. The number of allylic oxidation sites excluding steroid dienone is 2. The van der Waals surface area contributed by atoms with E-state index in [1.165, 1.54) is 12.2 Å². The number of benzene rings is 3. The summed E-state index contributed by atoms with van der Waals surface area (Å²) in [6, 6.07) is 18.5. The van der Waals surface area contributed by atoms with Crippen LogP contribution in [0.4, 0.5) is 5.69 Å². The summed E-state index contributed by atoms with van der Waals surface area (Å²) in [5.41, 5.74) is 2.83. The Morgan fingerprint density at radius 1 is 0.828 bits per heavy atom. The van der Waals surface area contributed by atoms with Crippen molar-refractivity contribution in [1.82, 2.24) is 0 Å². The third kappa shape index (κ3) is 5.20. The maximum absolute atomic E-state index is 12.2. The number of carbonyl (C=O) groups is 2. The van der Waals surface area contributed by atoms with Gasteiger partial charge in [-0.15, -0.1) is 0 Å². The molecule has 0 atom stereocenters. The van der Waals surface area contributed by atoms with E-state index in [0.29, 0.717) is 0 Å². The lowest BCUT2D eigenvalue weighted by Gasteiger charge is -2.16. The Kier molecular flexibility index (Phi) is 6.25. The lowest BCUT2D eigenvalue weighted by atomic mass is 10.0. The monoisotopic (exact) mass is 385 g/mol. The van der Waals surface area contributed by atoms with Crippen molar-refractivity contribution in [3.8, 4) is 5.75 Å². The smallest absolute Gasteiger partial charge is 0.163 e. The standard InChI is InChI=1S/C25H23NO3/c1-26(2)25-16-11-19(23-5-3-4-6-24(23)25)10-15-22(29)17-21(28)14-9-18-7-12-20(27)13-8-18/h3-16,27H,17H2,1-2H3/b14-9+,15-10+. The number of ketones is 2. The molecule has 0 spiro atoms. The van der Waals surface area contributed by atoms with Crippen molar-refractivity contribution in [2.75, 3.05) is 19.0 Å². The van der Waals surface area contributed by atoms with Crippen LogP contribution in [0.2, 0.25) is 0 Å². The fourth-order valence-corrected chi connectivity index (χ4v) is 3.09. The number of phenolic OH excluding ortho intramolecular Hbond substituents is 1. The number of rotatable bonds is 7. The van der Waals surface area contributed by atoms with Crippen LogP contribution in [0.3, 0.4) is 0 Å². The molecule has 29 heavy (non-hydrogen) atoms. The zero-order chi connectivity index (χ0) is 20.8. The number of aromatic hydroxyl groups is 1. The van der Waals surface area contributed by atoms with E-state index in [2.05, 4.69) is 11.0 Å². The molecule has 4 heteroatoms. The number of fused-ring (bicyclic) bond motifs is 1. The Bertz CT molecular complexity index is 1090. The number of phenols is 1. The lowest BCUT2D eigenvalue weighted by Crippen LogP contribution is -2.09. The molecule has 0 saturated heterocycles. The molecule has 0 unspecified atom stereocenters. The largest absolute Gasteiger partial charge is 0.508 e. The first kappa shape index (κ1) is 20.1. The molecule has 0 aliphatic heterocycles. The second kappa shape index (κ2) is 9.02. The van der Waals surface area contributed by atoms with Gasteiger partial charge in [-0.3, -0.25) is 9.59 Å². The molecule has 0 fully saturated rings. The van der Waals surface area contributed by atoms with E-state index in [0.717, 1.165) is 27.6 Å². The molecule has 146 valence electrons. The lowest BCUT2D eigenvalue weighted by molar-refractivity contribution is -0.121. The minimum absolute atomic E-state index is 0.167. The Balaban J connectivity index is 1.70. The van der Waals surface area contributed by atoms with E-state index in [1.54, 1.807) is 36.4 Å². The van der Waals surface area contributed by atoms with Gasteiger partial charge in [0.2, 0.25) is 0 Å². The molecule has 0 heterocycles. The summed E-state index contributed by atoms with van der Waals surface area (Å²) >= 11 is 0. The SMILES string of the molecule is CN(C)c1ccc(/C=C/C(=O)CC(=O)/C=C/c2ccc(O)cc2)c2ccccc12. The van der Waals surface area contributed by atoms with Crippen LogP contribution in [-0.4, -0.2) is 30.8 Å². The molecule has 0 aliphatic carbocycles. The molecule has 0 bridgehead atoms. The first-order chi connectivity index (χ1) is 13.9. The highest BCUT2D eigenvalue weighted by molar-refractivity contribution is 6.11. The molecule has 3 aromatic rings. The summed E-state index contributed by atoms with van der Waals surface area (Å²) in [4.78, 5) is 26.3. The van der Waals surface area contributed by atoms with Gasteiger partial charge < -0.3 is 10.0 Å². The summed E-state index contributed by atoms with van der Waals surface area (Å²) in [6.45, 7) is 0. The third-order valence-electron chi connectivity index (χ3n) is 4.57. The van der Waals surface area contributed by atoms with Crippen LogP contribution in [0.1, 0.15) is 17.5 Å². The van der Waals surface area contributed by atoms with E-state index >= 15 is 0 Å². The van der Waals surface area contributed by atoms with Gasteiger partial charge >= 0.3 is 0 Å². The van der Waals surface area contributed by atoms with Crippen LogP contribution in [0.5, 0.6) is 5.75 Å². The normalized spacial score (nSPS) is 11.4. The average Bonchev–Trinajstić information content (AvgIpc) is 2.71. The Morgan fingerprint density at radius 2 is 1.45 bits per heavy atom. The molecular formula is C25H23NO3. The summed E-state index contributed by atoms with van der Waals surface area (Å²) in [7, 11) is 4.00. The molecule has 0 saturated carbocycles. The van der Waals surface area contributed by atoms with Gasteiger partial charge in [0.15, 0.2) is 11.6 Å². The van der Waals surface area contributed by atoms with Crippen LogP contribution in [0, 0.1) is 0 Å². The van der Waals surface area contributed by atoms with E-state index in [-0.39, 0.29) is 23.7 Å². The second-order valence-electron chi connectivity index (χ2n) is 6.98. The number of carbonyl (C=O) groups excluding carboxylic acids is 2. The van der Waals surface area contributed by atoms with Gasteiger partial charge in [0.25, 0.3) is 0 Å². The summed E-state index contributed by atoms with van der Waals surface area (Å²) in [5.74, 6) is -0.341. The highest BCUT2D eigenvalue weighted by Gasteiger charge is 2.07. The number of anilines is 1. The van der Waals surface area contributed by atoms with Crippen molar-refractivity contribution in [2.45, 2.75) is 6.42 Å². The van der Waals surface area contributed by atoms with Gasteiger partial charge in [-0.05, 0) is 46.9 Å². The van der Waals surface area contributed by atoms with Gasteiger partial charge in [-0.1, -0.05) is 54.6 Å². The maximum Gasteiger partial charge on any atom is 0.163 e. The molecule has 4 nitrogen and oxygen atoms in total. The van der Waals surface area contributed by atoms with Gasteiger partial charge in [0, 0.05) is 25.2 Å². The first-order valence-corrected chi connectivity index (χ1v) is 9.34. The molecule has 0 aromatic heterocycles. The highest BCUT2D eigenvalue weighted by atomic mass is 16.3. The van der Waals surface area contributed by atoms with E-state index in [1.807, 2.05) is 44.4 Å². The van der Waals surface area contributed by atoms with Gasteiger partial charge in [-0.25, -0.2) is 0 Å². The van der Waals surface area contributed by atoms with E-state index in [9.17, 15) is 14.7 Å². The molecule has 0 aliphatic rings. The Morgan fingerprint density at radius 3 is 2.10 bits per heavy atom. The van der Waals surface area contributed by atoms with Crippen molar-refractivity contribution in [1.29, 1.82) is 0 Å². The fourth-order valence-electron chi connectivity index (χ4n) is 3.09. The topological polar surface area (TPSA) is 57.6 Å². The third-order valence-corrected chi connectivity index (χ3v) is 4.57. The van der Waals surface area contributed by atoms with Gasteiger partial charge in [0.05, 0.1) is 6.42 Å². The van der Waals surface area contributed by atoms with Crippen molar-refractivity contribution >= 4 is 40.2 Å². The van der Waals surface area contributed by atoms with Crippen molar-refractivity contribution in [2.24, 2.45) is 0 Å². The summed E-state index contributed by atoms with van der Waals surface area (Å²) in [5, 5.41) is 11.4. The molecule has 0 radical (unpaired) electrons. The zero-order valence-electron chi connectivity index (χ0n) is 16.5. The van der Waals surface area contributed by atoms with Crippen molar-refractivity contribution < 1.29 is 14.7 Å². The summed E-state index contributed by atoms with van der Waals surface area (Å²) in [6.07, 6.45) is 6.06.